The molecule has 2 aliphatic heterocycles. The van der Waals surface area contributed by atoms with Crippen molar-refractivity contribution in [3.8, 4) is 5.75 Å². The van der Waals surface area contributed by atoms with Crippen molar-refractivity contribution in [1.82, 2.24) is 10.2 Å². The summed E-state index contributed by atoms with van der Waals surface area (Å²) >= 11 is 0. The predicted molar refractivity (Wildman–Crippen MR) is 98.3 cm³/mol. The molecule has 26 heavy (non-hydrogen) atoms. The number of fused-ring (bicyclic) bond motifs is 2. The second-order valence-electron chi connectivity index (χ2n) is 7.57. The molecule has 0 aromatic heterocycles. The molecule has 2 heterocycles. The van der Waals surface area contributed by atoms with Crippen LogP contribution in [0.4, 0.5) is 0 Å². The van der Waals surface area contributed by atoms with Crippen LogP contribution in [0.2, 0.25) is 0 Å². The number of nitrogens with one attached hydrogen (secondary N) is 1. The number of ether oxygens (including phenoxy) is 1. The lowest BCUT2D eigenvalue weighted by Gasteiger charge is -2.22. The first-order valence-electron chi connectivity index (χ1n) is 9.43. The van der Waals surface area contributed by atoms with E-state index < -0.39 is 5.97 Å². The zero-order chi connectivity index (χ0) is 18.7. The molecule has 3 atom stereocenters. The molecule has 1 amide bonds. The van der Waals surface area contributed by atoms with E-state index in [0.29, 0.717) is 25.5 Å². The number of carbonyl (C=O) groups excluding carboxylic acids is 1. The number of carboxylic acid groups (broad SMARTS) is 1. The fraction of sp³-hybridized carbons (Fsp3) is 0.600. The zero-order valence-electron chi connectivity index (χ0n) is 15.5. The Morgan fingerprint density at radius 2 is 2.00 bits per heavy atom. The van der Waals surface area contributed by atoms with Crippen LogP contribution >= 0.6 is 0 Å². The lowest BCUT2D eigenvalue weighted by Crippen LogP contribution is -2.42. The normalized spacial score (nSPS) is 24.8. The molecule has 2 fully saturated rings. The largest absolute Gasteiger partial charge is 0.492 e. The number of carboxylic acids is 1. The van der Waals surface area contributed by atoms with Gasteiger partial charge in [0.15, 0.2) is 0 Å². The van der Waals surface area contributed by atoms with Gasteiger partial charge in [-0.25, -0.2) is 0 Å². The van der Waals surface area contributed by atoms with Crippen molar-refractivity contribution in [2.24, 2.45) is 5.92 Å². The van der Waals surface area contributed by atoms with E-state index in [-0.39, 0.29) is 30.5 Å². The van der Waals surface area contributed by atoms with Crippen LogP contribution in [0.15, 0.2) is 24.3 Å². The minimum absolute atomic E-state index is 0.0129. The van der Waals surface area contributed by atoms with Crippen LogP contribution in [0.5, 0.6) is 5.75 Å². The molecule has 0 saturated carbocycles. The van der Waals surface area contributed by atoms with Gasteiger partial charge in [-0.1, -0.05) is 26.0 Å². The molecule has 2 saturated heterocycles. The van der Waals surface area contributed by atoms with Crippen molar-refractivity contribution < 1.29 is 19.4 Å². The molecule has 0 aliphatic carbocycles. The first-order chi connectivity index (χ1) is 12.5. The van der Waals surface area contributed by atoms with E-state index in [2.05, 4.69) is 36.2 Å². The van der Waals surface area contributed by atoms with Crippen molar-refractivity contribution in [3.05, 3.63) is 29.8 Å². The molecule has 2 aliphatic rings. The summed E-state index contributed by atoms with van der Waals surface area (Å²) < 4.78 is 5.66. The van der Waals surface area contributed by atoms with E-state index in [0.717, 1.165) is 18.6 Å². The summed E-state index contributed by atoms with van der Waals surface area (Å²) in [6.07, 6.45) is 2.55. The smallest absolute Gasteiger partial charge is 0.308 e. The van der Waals surface area contributed by atoms with E-state index in [1.165, 1.54) is 5.56 Å². The Balaban J connectivity index is 1.38. The van der Waals surface area contributed by atoms with E-state index in [1.54, 1.807) is 0 Å². The molecule has 142 valence electrons. The van der Waals surface area contributed by atoms with Gasteiger partial charge in [0, 0.05) is 12.1 Å². The maximum atomic E-state index is 12.2. The monoisotopic (exact) mass is 360 g/mol. The Bertz CT molecular complexity index is 644. The highest BCUT2D eigenvalue weighted by atomic mass is 16.5. The summed E-state index contributed by atoms with van der Waals surface area (Å²) in [6, 6.07) is 8.26. The Morgan fingerprint density at radius 3 is 2.62 bits per heavy atom. The topological polar surface area (TPSA) is 78.9 Å². The highest BCUT2D eigenvalue weighted by molar-refractivity contribution is 5.78. The molecule has 6 nitrogen and oxygen atoms in total. The summed E-state index contributed by atoms with van der Waals surface area (Å²) in [7, 11) is 0. The van der Waals surface area contributed by atoms with Gasteiger partial charge in [0.1, 0.15) is 12.4 Å². The lowest BCUT2D eigenvalue weighted by molar-refractivity contribution is -0.143. The van der Waals surface area contributed by atoms with Crippen molar-refractivity contribution >= 4 is 11.9 Å². The third kappa shape index (κ3) is 4.18. The Morgan fingerprint density at radius 1 is 1.27 bits per heavy atom. The molecule has 1 aromatic carbocycles. The number of amides is 1. The molecule has 0 spiro atoms. The molecule has 2 N–H and O–H groups in total. The SMILES string of the molecule is CC(C)c1ccc(OCCNC(=O)CN2C3CCC2C(C(=O)O)C3)cc1. The number of benzene rings is 1. The number of rotatable bonds is 8. The van der Waals surface area contributed by atoms with Gasteiger partial charge in [0.25, 0.3) is 0 Å². The van der Waals surface area contributed by atoms with E-state index in [4.69, 9.17) is 4.74 Å². The van der Waals surface area contributed by atoms with Gasteiger partial charge < -0.3 is 15.2 Å². The van der Waals surface area contributed by atoms with Gasteiger partial charge >= 0.3 is 5.97 Å². The minimum Gasteiger partial charge on any atom is -0.492 e. The molecule has 3 rings (SSSR count). The molecule has 6 heteroatoms. The number of aliphatic carboxylic acids is 1. The summed E-state index contributed by atoms with van der Waals surface area (Å²) in [6.45, 7) is 5.43. The number of hydrogen-bond donors (Lipinski definition) is 2. The summed E-state index contributed by atoms with van der Waals surface area (Å²) in [5.41, 5.74) is 1.27. The van der Waals surface area contributed by atoms with Crippen molar-refractivity contribution in [1.29, 1.82) is 0 Å². The molecule has 0 radical (unpaired) electrons. The highest BCUT2D eigenvalue weighted by Gasteiger charge is 2.49. The van der Waals surface area contributed by atoms with Crippen LogP contribution < -0.4 is 10.1 Å². The Labute approximate surface area is 154 Å². The van der Waals surface area contributed by atoms with Crippen LogP contribution in [0.1, 0.15) is 44.6 Å². The predicted octanol–water partition coefficient (Wildman–Crippen LogP) is 2.24. The van der Waals surface area contributed by atoms with Crippen LogP contribution in [-0.4, -0.2) is 53.7 Å². The molecular formula is C20H28N2O4. The first-order valence-corrected chi connectivity index (χ1v) is 9.43. The van der Waals surface area contributed by atoms with Gasteiger partial charge in [0.05, 0.1) is 19.0 Å². The molecule has 1 aromatic rings. The summed E-state index contributed by atoms with van der Waals surface area (Å²) in [5.74, 6) is 0.167. The molecule has 2 bridgehead atoms. The fourth-order valence-electron chi connectivity index (χ4n) is 4.14. The van der Waals surface area contributed by atoms with Crippen molar-refractivity contribution in [2.75, 3.05) is 19.7 Å². The lowest BCUT2D eigenvalue weighted by atomic mass is 9.89. The molecule has 3 unspecified atom stereocenters. The van der Waals surface area contributed by atoms with Crippen LogP contribution in [0, 0.1) is 5.92 Å². The second-order valence-corrected chi connectivity index (χ2v) is 7.57. The van der Waals surface area contributed by atoms with Crippen molar-refractivity contribution in [2.45, 2.75) is 51.1 Å². The Kier molecular flexibility index (Phi) is 5.81. The minimum atomic E-state index is -0.737. The number of carbonyl (C=O) groups is 2. The molecular weight excluding hydrogens is 332 g/mol. The van der Waals surface area contributed by atoms with Gasteiger partial charge in [-0.2, -0.15) is 0 Å². The van der Waals surface area contributed by atoms with Crippen LogP contribution in [0.3, 0.4) is 0 Å². The number of nitrogens with zero attached hydrogens (tertiary/aromatic N) is 1. The summed E-state index contributed by atoms with van der Waals surface area (Å²) in [5, 5.41) is 12.1. The van der Waals surface area contributed by atoms with E-state index in [9.17, 15) is 14.7 Å². The van der Waals surface area contributed by atoms with Gasteiger partial charge in [-0.15, -0.1) is 0 Å². The average molecular weight is 360 g/mol. The second kappa shape index (κ2) is 8.08. The quantitative estimate of drug-likeness (QED) is 0.695. The maximum Gasteiger partial charge on any atom is 0.308 e. The fourth-order valence-corrected chi connectivity index (χ4v) is 4.14. The van der Waals surface area contributed by atoms with Crippen LogP contribution in [-0.2, 0) is 9.59 Å². The standard InChI is InChI=1S/C20H28N2O4/c1-13(2)14-3-6-16(7-4-14)26-10-9-21-19(23)12-22-15-5-8-18(22)17(11-15)20(24)25/h3-4,6-7,13,15,17-18H,5,8-12H2,1-2H3,(H,21,23)(H,24,25). The Hall–Kier alpha value is -2.08. The summed E-state index contributed by atoms with van der Waals surface area (Å²) in [4.78, 5) is 25.5. The van der Waals surface area contributed by atoms with Crippen molar-refractivity contribution in [3.63, 3.8) is 0 Å². The van der Waals surface area contributed by atoms with E-state index in [1.807, 2.05) is 12.1 Å². The third-order valence-corrected chi connectivity index (χ3v) is 5.56. The third-order valence-electron chi connectivity index (χ3n) is 5.56. The van der Waals surface area contributed by atoms with E-state index >= 15 is 0 Å². The zero-order valence-corrected chi connectivity index (χ0v) is 15.5. The van der Waals surface area contributed by atoms with Gasteiger partial charge in [-0.3, -0.25) is 14.5 Å². The average Bonchev–Trinajstić information content (AvgIpc) is 3.16. The number of hydrogen-bond acceptors (Lipinski definition) is 4. The first kappa shape index (κ1) is 18.7. The highest BCUT2D eigenvalue weighted by Crippen LogP contribution is 2.41. The van der Waals surface area contributed by atoms with Crippen LogP contribution in [0.25, 0.3) is 0 Å². The maximum absolute atomic E-state index is 12.2. The van der Waals surface area contributed by atoms with Gasteiger partial charge in [-0.05, 0) is 42.9 Å². The van der Waals surface area contributed by atoms with Gasteiger partial charge in [0.2, 0.25) is 5.91 Å².